The minimum atomic E-state index is -3.27. The number of H-pyrrole nitrogens is 1. The van der Waals surface area contributed by atoms with Crippen LogP contribution in [-0.4, -0.2) is 34.2 Å². The van der Waals surface area contributed by atoms with Gasteiger partial charge in [-0.1, -0.05) is 6.42 Å². The Hall–Kier alpha value is -1.93. The van der Waals surface area contributed by atoms with Gasteiger partial charge < -0.3 is 9.55 Å². The van der Waals surface area contributed by atoms with E-state index >= 15 is 0 Å². The fourth-order valence-electron chi connectivity index (χ4n) is 4.85. The molecule has 0 aliphatic heterocycles. The number of fused-ring (bicyclic) bond motifs is 5. The zero-order valence-electron chi connectivity index (χ0n) is 14.1. The molecule has 0 saturated heterocycles. The highest BCUT2D eigenvalue weighted by Gasteiger charge is 2.42. The quantitative estimate of drug-likeness (QED) is 0.748. The molecule has 2 saturated carbocycles. The lowest BCUT2D eigenvalue weighted by Gasteiger charge is -2.26. The molecule has 0 unspecified atom stereocenters. The highest BCUT2D eigenvalue weighted by Crippen LogP contribution is 2.52. The van der Waals surface area contributed by atoms with Gasteiger partial charge in [-0.3, -0.25) is 0 Å². The number of hydrogen-bond acceptors (Lipinski definition) is 4. The fourth-order valence-corrected chi connectivity index (χ4v) is 5.24. The molecule has 3 aromatic rings. The van der Waals surface area contributed by atoms with Crippen LogP contribution >= 0.6 is 0 Å². The molecule has 2 bridgehead atoms. The summed E-state index contributed by atoms with van der Waals surface area (Å²) in [5.74, 6) is 2.25. The molecule has 0 amide bonds. The first-order chi connectivity index (χ1) is 12.0. The van der Waals surface area contributed by atoms with Gasteiger partial charge >= 0.3 is 0 Å². The molecule has 3 heterocycles. The summed E-state index contributed by atoms with van der Waals surface area (Å²) in [6.07, 6.45) is 9.89. The Morgan fingerprint density at radius 1 is 1.36 bits per heavy atom. The first-order valence-corrected chi connectivity index (χ1v) is 10.7. The van der Waals surface area contributed by atoms with E-state index in [0.29, 0.717) is 12.0 Å². The smallest absolute Gasteiger partial charge is 0.209 e. The van der Waals surface area contributed by atoms with Crippen LogP contribution in [0.25, 0.3) is 22.1 Å². The van der Waals surface area contributed by atoms with E-state index < -0.39 is 10.0 Å². The Labute approximate surface area is 145 Å². The molecular weight excluding hydrogens is 338 g/mol. The summed E-state index contributed by atoms with van der Waals surface area (Å²) in [7, 11) is -3.27. The van der Waals surface area contributed by atoms with Crippen LogP contribution in [0.15, 0.2) is 18.5 Å². The predicted molar refractivity (Wildman–Crippen MR) is 95.6 cm³/mol. The number of nitrogens with one attached hydrogen (secondary N) is 2. The standard InChI is InChI=1S/C17H21N5O2S/c1-25(23,24)20-9-15-21-13-8-19-17-12(4-5-18-17)16(13)22(15)14-7-10-2-3-11(14)6-10/h4-5,8,10-11,14,20H,2-3,6-7,9H2,1H3,(H,18,19)/t10-,11+,14-/m0/s1. The lowest BCUT2D eigenvalue weighted by atomic mass is 9.95. The number of rotatable bonds is 4. The summed E-state index contributed by atoms with van der Waals surface area (Å²) in [5.41, 5.74) is 2.76. The second kappa shape index (κ2) is 5.28. The molecule has 132 valence electrons. The Balaban J connectivity index is 1.70. The van der Waals surface area contributed by atoms with E-state index in [9.17, 15) is 8.42 Å². The van der Waals surface area contributed by atoms with Crippen molar-refractivity contribution >= 4 is 32.1 Å². The summed E-state index contributed by atoms with van der Waals surface area (Å²) in [5, 5.41) is 1.05. The van der Waals surface area contributed by atoms with Crippen molar-refractivity contribution in [3.8, 4) is 0 Å². The molecule has 0 radical (unpaired) electrons. The molecule has 5 rings (SSSR count). The van der Waals surface area contributed by atoms with Crippen molar-refractivity contribution in [3.05, 3.63) is 24.3 Å². The molecule has 2 N–H and O–H groups in total. The topological polar surface area (TPSA) is 92.7 Å². The van der Waals surface area contributed by atoms with Crippen molar-refractivity contribution in [2.24, 2.45) is 11.8 Å². The first-order valence-electron chi connectivity index (χ1n) is 8.77. The monoisotopic (exact) mass is 359 g/mol. The van der Waals surface area contributed by atoms with Crippen LogP contribution < -0.4 is 4.72 Å². The third-order valence-corrected chi connectivity index (χ3v) is 6.50. The second-order valence-corrected chi connectivity index (χ2v) is 9.30. The van der Waals surface area contributed by atoms with Crippen molar-refractivity contribution in [1.82, 2.24) is 24.2 Å². The third kappa shape index (κ3) is 2.46. The Morgan fingerprint density at radius 2 is 2.24 bits per heavy atom. The van der Waals surface area contributed by atoms with Gasteiger partial charge in [-0.05, 0) is 37.2 Å². The average Bonchev–Trinajstić information content (AvgIpc) is 3.31. The maximum absolute atomic E-state index is 11.6. The van der Waals surface area contributed by atoms with Crippen molar-refractivity contribution in [2.45, 2.75) is 38.3 Å². The van der Waals surface area contributed by atoms with Crippen molar-refractivity contribution in [2.75, 3.05) is 6.26 Å². The molecule has 2 fully saturated rings. The Bertz CT molecular complexity index is 1070. The predicted octanol–water partition coefficient (Wildman–Crippen LogP) is 2.32. The largest absolute Gasteiger partial charge is 0.346 e. The normalized spacial score (nSPS) is 26.2. The van der Waals surface area contributed by atoms with E-state index in [1.807, 2.05) is 12.3 Å². The molecule has 0 spiro atoms. The van der Waals surface area contributed by atoms with E-state index in [1.54, 1.807) is 6.20 Å². The molecule has 7 nitrogen and oxygen atoms in total. The Morgan fingerprint density at radius 3 is 2.96 bits per heavy atom. The molecule has 2 aliphatic rings. The van der Waals surface area contributed by atoms with Gasteiger partial charge in [0, 0.05) is 17.6 Å². The van der Waals surface area contributed by atoms with Crippen LogP contribution in [0.3, 0.4) is 0 Å². The van der Waals surface area contributed by atoms with Crippen LogP contribution in [0.2, 0.25) is 0 Å². The highest BCUT2D eigenvalue weighted by atomic mass is 32.2. The summed E-state index contributed by atoms with van der Waals surface area (Å²) in [6.45, 7) is 0.216. The average molecular weight is 359 g/mol. The lowest BCUT2D eigenvalue weighted by Crippen LogP contribution is -2.26. The second-order valence-electron chi connectivity index (χ2n) is 7.47. The van der Waals surface area contributed by atoms with Gasteiger partial charge in [-0.15, -0.1) is 0 Å². The molecule has 3 aromatic heterocycles. The van der Waals surface area contributed by atoms with Crippen LogP contribution in [-0.2, 0) is 16.6 Å². The SMILES string of the molecule is CS(=O)(=O)NCc1nc2cnc3[nH]ccc3c2n1[C@H]1C[C@H]2CC[C@@H]1C2. The van der Waals surface area contributed by atoms with E-state index in [-0.39, 0.29) is 6.54 Å². The van der Waals surface area contributed by atoms with E-state index in [4.69, 9.17) is 4.98 Å². The molecule has 2 aliphatic carbocycles. The van der Waals surface area contributed by atoms with Gasteiger partial charge in [0.15, 0.2) is 0 Å². The number of pyridine rings is 1. The van der Waals surface area contributed by atoms with Crippen LogP contribution in [0.1, 0.15) is 37.5 Å². The highest BCUT2D eigenvalue weighted by molar-refractivity contribution is 7.88. The summed E-state index contributed by atoms with van der Waals surface area (Å²) < 4.78 is 28.1. The van der Waals surface area contributed by atoms with Crippen LogP contribution in [0.5, 0.6) is 0 Å². The Kier molecular flexibility index (Phi) is 3.24. The maximum Gasteiger partial charge on any atom is 0.209 e. The first kappa shape index (κ1) is 15.3. The minimum Gasteiger partial charge on any atom is -0.346 e. The van der Waals surface area contributed by atoms with Crippen molar-refractivity contribution in [3.63, 3.8) is 0 Å². The molecule has 3 atom stereocenters. The van der Waals surface area contributed by atoms with Crippen LogP contribution in [0.4, 0.5) is 0 Å². The van der Waals surface area contributed by atoms with Crippen LogP contribution in [0, 0.1) is 11.8 Å². The molecule has 25 heavy (non-hydrogen) atoms. The molecule has 0 aromatic carbocycles. The van der Waals surface area contributed by atoms with E-state index in [1.165, 1.54) is 25.5 Å². The number of sulfonamides is 1. The van der Waals surface area contributed by atoms with Gasteiger partial charge in [0.1, 0.15) is 17.0 Å². The zero-order chi connectivity index (χ0) is 17.2. The van der Waals surface area contributed by atoms with E-state index in [2.05, 4.69) is 19.3 Å². The zero-order valence-corrected chi connectivity index (χ0v) is 14.9. The van der Waals surface area contributed by atoms with Gasteiger partial charge in [0.25, 0.3) is 0 Å². The van der Waals surface area contributed by atoms with Gasteiger partial charge in [-0.25, -0.2) is 23.1 Å². The number of imidazole rings is 1. The number of nitrogens with zero attached hydrogens (tertiary/aromatic N) is 3. The maximum atomic E-state index is 11.6. The number of aromatic amines is 1. The number of hydrogen-bond donors (Lipinski definition) is 2. The third-order valence-electron chi connectivity index (χ3n) is 5.83. The van der Waals surface area contributed by atoms with Gasteiger partial charge in [-0.2, -0.15) is 0 Å². The molecule has 8 heteroatoms. The molecular formula is C17H21N5O2S. The minimum absolute atomic E-state index is 0.216. The summed E-state index contributed by atoms with van der Waals surface area (Å²) in [4.78, 5) is 12.3. The van der Waals surface area contributed by atoms with Crippen molar-refractivity contribution < 1.29 is 8.42 Å². The lowest BCUT2D eigenvalue weighted by molar-refractivity contribution is 0.329. The fraction of sp³-hybridized carbons (Fsp3) is 0.529. The number of aromatic nitrogens is 4. The summed E-state index contributed by atoms with van der Waals surface area (Å²) in [6, 6.07) is 2.43. The van der Waals surface area contributed by atoms with E-state index in [0.717, 1.165) is 40.2 Å². The van der Waals surface area contributed by atoms with Crippen molar-refractivity contribution in [1.29, 1.82) is 0 Å². The van der Waals surface area contributed by atoms with Gasteiger partial charge in [0.2, 0.25) is 10.0 Å². The summed E-state index contributed by atoms with van der Waals surface area (Å²) >= 11 is 0. The van der Waals surface area contributed by atoms with Gasteiger partial charge in [0.05, 0.1) is 24.5 Å².